The third-order valence-electron chi connectivity index (χ3n) is 3.65. The molecule has 3 fully saturated rings. The number of amides is 1. The number of carbonyl (C=O) groups is 1. The molecule has 0 radical (unpaired) electrons. The minimum Gasteiger partial charge on any atom is -0.446 e. The van der Waals surface area contributed by atoms with Crippen molar-refractivity contribution in [2.75, 3.05) is 19.8 Å². The van der Waals surface area contributed by atoms with Gasteiger partial charge in [-0.15, -0.1) is 0 Å². The number of fused-ring (bicyclic) bond motifs is 3. The number of carbonyl (C=O) groups excluding carboxylic acids is 1. The van der Waals surface area contributed by atoms with E-state index < -0.39 is 0 Å². The maximum absolute atomic E-state index is 11.6. The molecule has 3 rings (SSSR count). The fraction of sp³-hybridized carbons (Fsp3) is 0.900. The van der Waals surface area contributed by atoms with Crippen molar-refractivity contribution in [2.45, 2.75) is 31.4 Å². The van der Waals surface area contributed by atoms with Crippen LogP contribution >= 0.6 is 0 Å². The summed E-state index contributed by atoms with van der Waals surface area (Å²) in [6.45, 7) is 2.06. The molecule has 3 aliphatic rings. The van der Waals surface area contributed by atoms with Crippen LogP contribution in [0.2, 0.25) is 0 Å². The molecule has 2 saturated heterocycles. The summed E-state index contributed by atoms with van der Waals surface area (Å²) in [6.07, 6.45) is 3.46. The Morgan fingerprint density at radius 1 is 1.36 bits per heavy atom. The molecule has 0 N–H and O–H groups in total. The Morgan fingerprint density at radius 2 is 2.29 bits per heavy atom. The van der Waals surface area contributed by atoms with E-state index in [9.17, 15) is 4.79 Å². The second kappa shape index (κ2) is 3.12. The Kier molecular flexibility index (Phi) is 1.90. The summed E-state index contributed by atoms with van der Waals surface area (Å²) in [5.74, 6) is 0.521. The largest absolute Gasteiger partial charge is 0.446 e. The van der Waals surface area contributed by atoms with Crippen LogP contribution in [0.15, 0.2) is 0 Å². The van der Waals surface area contributed by atoms with Gasteiger partial charge in [-0.25, -0.2) is 4.79 Å². The minimum atomic E-state index is -0.124. The Bertz CT molecular complexity index is 256. The summed E-state index contributed by atoms with van der Waals surface area (Å²) in [5.41, 5.74) is 0. The van der Waals surface area contributed by atoms with E-state index in [0.29, 0.717) is 25.7 Å². The fourth-order valence-corrected chi connectivity index (χ4v) is 2.94. The van der Waals surface area contributed by atoms with Crippen molar-refractivity contribution in [1.82, 2.24) is 4.90 Å². The average molecular weight is 197 g/mol. The molecule has 2 heterocycles. The van der Waals surface area contributed by atoms with Gasteiger partial charge in [0.2, 0.25) is 0 Å². The van der Waals surface area contributed by atoms with Gasteiger partial charge < -0.3 is 14.4 Å². The fourth-order valence-electron chi connectivity index (χ4n) is 2.94. The summed E-state index contributed by atoms with van der Waals surface area (Å²) in [7, 11) is 0. The Hall–Kier alpha value is -0.770. The second-order valence-corrected chi connectivity index (χ2v) is 4.35. The molecule has 1 aliphatic carbocycles. The van der Waals surface area contributed by atoms with E-state index in [4.69, 9.17) is 9.47 Å². The molecule has 4 heteroatoms. The molecule has 0 bridgehead atoms. The lowest BCUT2D eigenvalue weighted by molar-refractivity contribution is -0.0877. The molecule has 0 aromatic rings. The highest BCUT2D eigenvalue weighted by atomic mass is 16.6. The van der Waals surface area contributed by atoms with Crippen molar-refractivity contribution in [3.05, 3.63) is 0 Å². The van der Waals surface area contributed by atoms with Gasteiger partial charge in [-0.2, -0.15) is 0 Å². The van der Waals surface area contributed by atoms with Gasteiger partial charge in [-0.3, -0.25) is 0 Å². The van der Waals surface area contributed by atoms with Gasteiger partial charge in [0.25, 0.3) is 0 Å². The van der Waals surface area contributed by atoms with Crippen molar-refractivity contribution in [3.8, 4) is 0 Å². The summed E-state index contributed by atoms with van der Waals surface area (Å²) >= 11 is 0. The highest BCUT2D eigenvalue weighted by Gasteiger charge is 2.46. The lowest BCUT2D eigenvalue weighted by atomic mass is 9.93. The first-order valence-corrected chi connectivity index (χ1v) is 5.41. The van der Waals surface area contributed by atoms with Crippen LogP contribution in [0.3, 0.4) is 0 Å². The van der Waals surface area contributed by atoms with Crippen LogP contribution in [-0.2, 0) is 9.47 Å². The smallest absolute Gasteiger partial charge is 0.410 e. The van der Waals surface area contributed by atoms with E-state index in [1.807, 2.05) is 4.90 Å². The Balaban J connectivity index is 1.85. The zero-order valence-corrected chi connectivity index (χ0v) is 8.15. The van der Waals surface area contributed by atoms with Crippen LogP contribution in [0, 0.1) is 5.92 Å². The van der Waals surface area contributed by atoms with Crippen molar-refractivity contribution in [3.63, 3.8) is 0 Å². The minimum absolute atomic E-state index is 0.124. The predicted octanol–water partition coefficient (Wildman–Crippen LogP) is 1.01. The monoisotopic (exact) mass is 197 g/mol. The van der Waals surface area contributed by atoms with Gasteiger partial charge >= 0.3 is 6.09 Å². The number of ether oxygens (including phenoxy) is 2. The van der Waals surface area contributed by atoms with E-state index in [0.717, 1.165) is 6.42 Å². The van der Waals surface area contributed by atoms with Gasteiger partial charge in [0, 0.05) is 12.5 Å². The first-order chi connectivity index (χ1) is 6.86. The van der Waals surface area contributed by atoms with Gasteiger partial charge in [-0.05, 0) is 19.3 Å². The summed E-state index contributed by atoms with van der Waals surface area (Å²) in [6, 6.07) is 0.289. The normalized spacial score (nSPS) is 41.6. The maximum Gasteiger partial charge on any atom is 0.410 e. The topological polar surface area (TPSA) is 38.8 Å². The van der Waals surface area contributed by atoms with E-state index >= 15 is 0 Å². The molecule has 0 unspecified atom stereocenters. The first-order valence-electron chi connectivity index (χ1n) is 5.41. The van der Waals surface area contributed by atoms with Crippen LogP contribution < -0.4 is 0 Å². The van der Waals surface area contributed by atoms with Crippen LogP contribution in [0.5, 0.6) is 0 Å². The number of hydrogen-bond acceptors (Lipinski definition) is 3. The first kappa shape index (κ1) is 8.53. The molecule has 1 amide bonds. The van der Waals surface area contributed by atoms with Crippen LogP contribution in [0.25, 0.3) is 0 Å². The molecule has 3 atom stereocenters. The standard InChI is InChI=1S/C10H15NO3/c12-10-11-4-5-13-6-8(11)7-2-1-3-9(7)14-10/h7-9H,1-6H2/t7-,8+,9-/m1/s1. The lowest BCUT2D eigenvalue weighted by Crippen LogP contribution is -2.58. The highest BCUT2D eigenvalue weighted by molar-refractivity contribution is 5.69. The van der Waals surface area contributed by atoms with Crippen LogP contribution in [-0.4, -0.2) is 42.9 Å². The molecule has 78 valence electrons. The van der Waals surface area contributed by atoms with E-state index in [-0.39, 0.29) is 18.2 Å². The van der Waals surface area contributed by atoms with Gasteiger partial charge in [0.1, 0.15) is 6.10 Å². The van der Waals surface area contributed by atoms with E-state index in [1.165, 1.54) is 12.8 Å². The summed E-state index contributed by atoms with van der Waals surface area (Å²) in [4.78, 5) is 13.5. The average Bonchev–Trinajstić information content (AvgIpc) is 2.66. The molecule has 14 heavy (non-hydrogen) atoms. The SMILES string of the molecule is O=C1O[C@@H]2CCC[C@@H]2[C@@H]2COCCN12. The Labute approximate surface area is 83.2 Å². The lowest BCUT2D eigenvalue weighted by Gasteiger charge is -2.44. The molecular weight excluding hydrogens is 182 g/mol. The van der Waals surface area contributed by atoms with E-state index in [1.54, 1.807) is 0 Å². The Morgan fingerprint density at radius 3 is 3.21 bits per heavy atom. The predicted molar refractivity (Wildman–Crippen MR) is 48.9 cm³/mol. The maximum atomic E-state index is 11.6. The molecule has 0 aromatic heterocycles. The zero-order chi connectivity index (χ0) is 9.54. The molecule has 1 saturated carbocycles. The molecule has 4 nitrogen and oxygen atoms in total. The quantitative estimate of drug-likeness (QED) is 0.581. The number of nitrogens with zero attached hydrogens (tertiary/aromatic N) is 1. The van der Waals surface area contributed by atoms with Crippen molar-refractivity contribution in [1.29, 1.82) is 0 Å². The van der Waals surface area contributed by atoms with Crippen molar-refractivity contribution < 1.29 is 14.3 Å². The zero-order valence-electron chi connectivity index (χ0n) is 8.15. The molecule has 0 aromatic carbocycles. The van der Waals surface area contributed by atoms with Crippen LogP contribution in [0.1, 0.15) is 19.3 Å². The number of hydrogen-bond donors (Lipinski definition) is 0. The van der Waals surface area contributed by atoms with Gasteiger partial charge in [0.15, 0.2) is 0 Å². The summed E-state index contributed by atoms with van der Waals surface area (Å²) < 4.78 is 10.9. The highest BCUT2D eigenvalue weighted by Crippen LogP contribution is 2.38. The number of morpholine rings is 1. The molecular formula is C10H15NO3. The third-order valence-corrected chi connectivity index (χ3v) is 3.65. The van der Waals surface area contributed by atoms with Crippen LogP contribution in [0.4, 0.5) is 4.79 Å². The summed E-state index contributed by atoms with van der Waals surface area (Å²) in [5, 5.41) is 0. The van der Waals surface area contributed by atoms with E-state index in [2.05, 4.69) is 0 Å². The van der Waals surface area contributed by atoms with Crippen molar-refractivity contribution in [2.24, 2.45) is 5.92 Å². The molecule has 0 spiro atoms. The van der Waals surface area contributed by atoms with Gasteiger partial charge in [-0.1, -0.05) is 0 Å². The van der Waals surface area contributed by atoms with Crippen molar-refractivity contribution >= 4 is 6.09 Å². The third kappa shape index (κ3) is 1.13. The van der Waals surface area contributed by atoms with Gasteiger partial charge in [0.05, 0.1) is 19.3 Å². The number of rotatable bonds is 0. The second-order valence-electron chi connectivity index (χ2n) is 4.35. The molecule has 2 aliphatic heterocycles.